The van der Waals surface area contributed by atoms with Gasteiger partial charge in [0.05, 0.1) is 12.0 Å². The molecule has 0 bridgehead atoms. The highest BCUT2D eigenvalue weighted by atomic mass is 32.2. The number of benzene rings is 1. The molecule has 14 nitrogen and oxygen atoms in total. The van der Waals surface area contributed by atoms with Crippen LogP contribution in [0.25, 0.3) is 10.4 Å². The van der Waals surface area contributed by atoms with Crippen molar-refractivity contribution >= 4 is 39.5 Å². The molecule has 2 atom stereocenters. The smallest absolute Gasteiger partial charge is 0.329 e. The maximum Gasteiger partial charge on any atom is 0.329 e. The molecule has 15 heteroatoms. The number of carbonyl (C=O) groups is 4. The minimum Gasteiger partial charge on any atom is -0.507 e. The van der Waals surface area contributed by atoms with E-state index in [4.69, 9.17) is 10.1 Å². The second kappa shape index (κ2) is 8.59. The lowest BCUT2D eigenvalue weighted by molar-refractivity contribution is -0.162. The number of azide groups is 1. The van der Waals surface area contributed by atoms with Gasteiger partial charge in [0.1, 0.15) is 11.3 Å². The molecule has 1 saturated heterocycles. The summed E-state index contributed by atoms with van der Waals surface area (Å²) >= 11 is 0. The first-order valence-corrected chi connectivity index (χ1v) is 10.1. The fourth-order valence-electron chi connectivity index (χ4n) is 3.01. The van der Waals surface area contributed by atoms with Crippen molar-refractivity contribution in [1.82, 2.24) is 10.2 Å². The van der Waals surface area contributed by atoms with E-state index in [0.717, 1.165) is 19.1 Å². The number of imide groups is 1. The van der Waals surface area contributed by atoms with Gasteiger partial charge in [-0.15, -0.1) is 0 Å². The Labute approximate surface area is 174 Å². The first-order chi connectivity index (χ1) is 14.3. The highest BCUT2D eigenvalue weighted by Gasteiger charge is 2.55. The second-order valence-electron chi connectivity index (χ2n) is 6.75. The SMILES string of the molecule is CC(CCNC(=O)c1ccc(N=[N+]=[N-])cc1O)(C(=O)O)N1C(=O)CC(S(=O)(=O)O)C1=O. The maximum atomic E-state index is 12.3. The van der Waals surface area contributed by atoms with Gasteiger partial charge in [-0.3, -0.25) is 23.8 Å². The number of aromatic hydroxyl groups is 1. The highest BCUT2D eigenvalue weighted by Crippen LogP contribution is 2.30. The first kappa shape index (κ1) is 23.6. The molecule has 1 heterocycles. The molecule has 166 valence electrons. The van der Waals surface area contributed by atoms with Gasteiger partial charge < -0.3 is 15.5 Å². The summed E-state index contributed by atoms with van der Waals surface area (Å²) in [4.78, 5) is 51.3. The highest BCUT2D eigenvalue weighted by molar-refractivity contribution is 7.87. The Kier molecular flexibility index (Phi) is 6.54. The molecule has 0 spiro atoms. The molecule has 3 amide bonds. The number of hydrogen-bond acceptors (Lipinski definition) is 8. The topological polar surface area (TPSA) is 227 Å². The Morgan fingerprint density at radius 3 is 2.52 bits per heavy atom. The van der Waals surface area contributed by atoms with Crippen LogP contribution in [0.2, 0.25) is 0 Å². The quantitative estimate of drug-likeness (QED) is 0.139. The van der Waals surface area contributed by atoms with Gasteiger partial charge in [-0.1, -0.05) is 11.2 Å². The molecular formula is C16H17N5O9S. The number of hydrogen-bond donors (Lipinski definition) is 4. The number of phenolic OH excluding ortho intramolecular Hbond substituents is 1. The molecule has 1 aliphatic rings. The number of carboxylic acid groups (broad SMARTS) is 1. The number of carbonyl (C=O) groups excluding carboxylic acids is 3. The Morgan fingerprint density at radius 2 is 2.03 bits per heavy atom. The van der Waals surface area contributed by atoms with Gasteiger partial charge in [0.2, 0.25) is 5.91 Å². The molecule has 1 aliphatic heterocycles. The minimum atomic E-state index is -4.92. The van der Waals surface area contributed by atoms with Crippen molar-refractivity contribution in [2.75, 3.05) is 6.54 Å². The molecule has 2 rings (SSSR count). The van der Waals surface area contributed by atoms with Crippen LogP contribution in [0.15, 0.2) is 23.3 Å². The van der Waals surface area contributed by atoms with E-state index >= 15 is 0 Å². The molecule has 0 aromatic heterocycles. The van der Waals surface area contributed by atoms with Gasteiger partial charge in [0.25, 0.3) is 21.9 Å². The Bertz CT molecular complexity index is 1110. The number of phenols is 1. The Balaban J connectivity index is 2.17. The number of nitrogens with one attached hydrogen (secondary N) is 1. The molecule has 1 fully saturated rings. The van der Waals surface area contributed by atoms with Crippen molar-refractivity contribution in [2.45, 2.75) is 30.6 Å². The van der Waals surface area contributed by atoms with E-state index in [1.807, 2.05) is 0 Å². The van der Waals surface area contributed by atoms with Crippen molar-refractivity contribution in [1.29, 1.82) is 0 Å². The van der Waals surface area contributed by atoms with E-state index in [0.29, 0.717) is 0 Å². The lowest BCUT2D eigenvalue weighted by atomic mass is 9.95. The monoisotopic (exact) mass is 455 g/mol. The van der Waals surface area contributed by atoms with Crippen LogP contribution < -0.4 is 5.32 Å². The summed E-state index contributed by atoms with van der Waals surface area (Å²) in [6.45, 7) is 0.614. The van der Waals surface area contributed by atoms with Crippen LogP contribution in [-0.4, -0.2) is 69.1 Å². The summed E-state index contributed by atoms with van der Waals surface area (Å²) in [7, 11) is -4.92. The van der Waals surface area contributed by atoms with Gasteiger partial charge in [-0.2, -0.15) is 8.42 Å². The van der Waals surface area contributed by atoms with E-state index in [1.165, 1.54) is 6.07 Å². The standard InChI is InChI=1S/C16H17N5O9S/c1-16(15(26)27,21-12(23)7-11(14(21)25)31(28,29)30)4-5-18-13(24)9-3-2-8(19-20-17)6-10(9)22/h2-3,6,11,22H,4-5,7H2,1H3,(H,18,24)(H,26,27)(H,28,29,30). The Hall–Kier alpha value is -3.68. The lowest BCUT2D eigenvalue weighted by Gasteiger charge is -2.33. The predicted molar refractivity (Wildman–Crippen MR) is 102 cm³/mol. The van der Waals surface area contributed by atoms with Crippen LogP contribution in [0.4, 0.5) is 5.69 Å². The fraction of sp³-hybridized carbons (Fsp3) is 0.375. The summed E-state index contributed by atoms with van der Waals surface area (Å²) in [5.74, 6) is -5.46. The van der Waals surface area contributed by atoms with Gasteiger partial charge in [-0.05, 0) is 31.0 Å². The zero-order valence-corrected chi connectivity index (χ0v) is 16.7. The van der Waals surface area contributed by atoms with E-state index in [2.05, 4.69) is 15.3 Å². The third kappa shape index (κ3) is 4.74. The molecular weight excluding hydrogens is 438 g/mol. The van der Waals surface area contributed by atoms with Crippen molar-refractivity contribution in [3.63, 3.8) is 0 Å². The third-order valence-electron chi connectivity index (χ3n) is 4.70. The number of rotatable bonds is 8. The molecule has 0 saturated carbocycles. The molecule has 1 aromatic rings. The van der Waals surface area contributed by atoms with Crippen LogP contribution in [0.5, 0.6) is 5.75 Å². The summed E-state index contributed by atoms with van der Waals surface area (Å²) in [5.41, 5.74) is 5.99. The fourth-order valence-corrected chi connectivity index (χ4v) is 3.72. The number of amides is 3. The van der Waals surface area contributed by atoms with Crippen molar-refractivity contribution in [3.05, 3.63) is 34.2 Å². The van der Waals surface area contributed by atoms with Crippen molar-refractivity contribution in [2.24, 2.45) is 5.11 Å². The number of carboxylic acids is 1. The van der Waals surface area contributed by atoms with Gasteiger partial charge in [0, 0.05) is 17.1 Å². The minimum absolute atomic E-state index is 0.0504. The molecule has 2 unspecified atom stereocenters. The number of aliphatic carboxylic acids is 1. The molecule has 4 N–H and O–H groups in total. The maximum absolute atomic E-state index is 12.3. The summed E-state index contributed by atoms with van der Waals surface area (Å²) in [6, 6.07) is 3.45. The molecule has 31 heavy (non-hydrogen) atoms. The molecule has 0 aliphatic carbocycles. The first-order valence-electron chi connectivity index (χ1n) is 8.56. The average molecular weight is 455 g/mol. The number of likely N-dealkylation sites (tertiary alicyclic amines) is 1. The zero-order valence-electron chi connectivity index (χ0n) is 15.9. The van der Waals surface area contributed by atoms with E-state index in [9.17, 15) is 37.8 Å². The van der Waals surface area contributed by atoms with Crippen LogP contribution in [0, 0.1) is 0 Å². The Morgan fingerprint density at radius 1 is 1.39 bits per heavy atom. The van der Waals surface area contributed by atoms with Crippen LogP contribution >= 0.6 is 0 Å². The summed E-state index contributed by atoms with van der Waals surface area (Å²) < 4.78 is 31.7. The number of nitrogens with zero attached hydrogens (tertiary/aromatic N) is 4. The second-order valence-corrected chi connectivity index (χ2v) is 8.35. The van der Waals surface area contributed by atoms with Gasteiger partial charge in [-0.25, -0.2) is 4.79 Å². The normalized spacial score (nSPS) is 18.3. The van der Waals surface area contributed by atoms with E-state index in [-0.39, 0.29) is 22.7 Å². The van der Waals surface area contributed by atoms with E-state index < -0.39 is 63.2 Å². The molecule has 1 aromatic carbocycles. The largest absolute Gasteiger partial charge is 0.507 e. The van der Waals surface area contributed by atoms with Crippen LogP contribution in [0.3, 0.4) is 0 Å². The van der Waals surface area contributed by atoms with Crippen molar-refractivity contribution in [3.8, 4) is 5.75 Å². The van der Waals surface area contributed by atoms with Crippen molar-refractivity contribution < 1.29 is 42.4 Å². The predicted octanol–water partition coefficient (Wildman–Crippen LogP) is 0.312. The van der Waals surface area contributed by atoms with Gasteiger partial charge >= 0.3 is 5.97 Å². The average Bonchev–Trinajstić information content (AvgIpc) is 2.96. The van der Waals surface area contributed by atoms with Gasteiger partial charge in [0.15, 0.2) is 5.25 Å². The van der Waals surface area contributed by atoms with Crippen LogP contribution in [-0.2, 0) is 24.5 Å². The lowest BCUT2D eigenvalue weighted by Crippen LogP contribution is -2.57. The summed E-state index contributed by atoms with van der Waals surface area (Å²) in [6.07, 6.45) is -1.40. The molecule has 0 radical (unpaired) electrons. The third-order valence-corrected chi connectivity index (χ3v) is 5.79. The zero-order chi connectivity index (χ0) is 23.6. The van der Waals surface area contributed by atoms with Crippen LogP contribution in [0.1, 0.15) is 30.1 Å². The van der Waals surface area contributed by atoms with E-state index in [1.54, 1.807) is 0 Å². The summed E-state index contributed by atoms with van der Waals surface area (Å²) in [5, 5.41) is 22.9.